The van der Waals surface area contributed by atoms with Crippen molar-refractivity contribution in [1.29, 1.82) is 0 Å². The number of nitrogens with zero attached hydrogens (tertiary/aromatic N) is 3. The first-order valence-electron chi connectivity index (χ1n) is 19.1. The average Bonchev–Trinajstić information content (AvgIpc) is 3.75. The highest BCUT2D eigenvalue weighted by Crippen LogP contribution is 2.52. The van der Waals surface area contributed by atoms with Crippen LogP contribution in [0.2, 0.25) is 0 Å². The Kier molecular flexibility index (Phi) is 7.17. The van der Waals surface area contributed by atoms with Crippen LogP contribution in [0.25, 0.3) is 100 Å². The third-order valence-corrected chi connectivity index (χ3v) is 11.5. The van der Waals surface area contributed by atoms with Crippen LogP contribution >= 0.6 is 0 Å². The molecule has 0 saturated heterocycles. The summed E-state index contributed by atoms with van der Waals surface area (Å²) in [7, 11) is 0. The lowest BCUT2D eigenvalue weighted by Gasteiger charge is -2.24. The van der Waals surface area contributed by atoms with E-state index in [9.17, 15) is 0 Å². The second-order valence-electron chi connectivity index (χ2n) is 15.2. The first-order valence-corrected chi connectivity index (χ1v) is 19.1. The van der Waals surface area contributed by atoms with Crippen molar-refractivity contribution < 1.29 is 4.42 Å². The van der Waals surface area contributed by atoms with Crippen molar-refractivity contribution in [3.8, 4) is 67.5 Å². The molecule has 264 valence electrons. The van der Waals surface area contributed by atoms with E-state index in [-0.39, 0.29) is 5.41 Å². The molecule has 0 atom stereocenters. The summed E-state index contributed by atoms with van der Waals surface area (Å²) in [5.74, 6) is 1.83. The summed E-state index contributed by atoms with van der Waals surface area (Å²) in [5, 5.41) is 4.46. The zero-order valence-corrected chi connectivity index (χ0v) is 31.0. The van der Waals surface area contributed by atoms with E-state index in [2.05, 4.69) is 178 Å². The van der Waals surface area contributed by atoms with Crippen LogP contribution in [0.5, 0.6) is 0 Å². The van der Waals surface area contributed by atoms with Gasteiger partial charge in [-0.25, -0.2) is 15.0 Å². The molecule has 10 aromatic rings. The summed E-state index contributed by atoms with van der Waals surface area (Å²) in [6, 6.07) is 61.9. The molecule has 1 aliphatic carbocycles. The number of aromatic nitrogens is 3. The van der Waals surface area contributed by atoms with E-state index in [0.717, 1.165) is 60.7 Å². The molecule has 0 N–H and O–H groups in total. The maximum absolute atomic E-state index is 6.52. The van der Waals surface area contributed by atoms with Crippen LogP contribution in [0, 0.1) is 0 Å². The van der Waals surface area contributed by atoms with Crippen LogP contribution < -0.4 is 0 Å². The summed E-state index contributed by atoms with van der Waals surface area (Å²) in [4.78, 5) is 15.5. The molecule has 2 heterocycles. The van der Waals surface area contributed by atoms with E-state index in [1.165, 1.54) is 33.2 Å². The van der Waals surface area contributed by atoms with Gasteiger partial charge in [0.1, 0.15) is 11.2 Å². The fourth-order valence-electron chi connectivity index (χ4n) is 8.83. The third-order valence-electron chi connectivity index (χ3n) is 11.5. The Morgan fingerprint density at radius 2 is 0.982 bits per heavy atom. The summed E-state index contributed by atoms with van der Waals surface area (Å²) < 4.78 is 6.52. The van der Waals surface area contributed by atoms with Gasteiger partial charge in [-0.15, -0.1) is 0 Å². The third kappa shape index (κ3) is 5.10. The van der Waals surface area contributed by atoms with Gasteiger partial charge in [0.2, 0.25) is 0 Å². The Balaban J connectivity index is 1.07. The summed E-state index contributed by atoms with van der Waals surface area (Å²) >= 11 is 0. The minimum absolute atomic E-state index is 0.140. The highest BCUT2D eigenvalue weighted by molar-refractivity contribution is 6.13. The molecule has 11 rings (SSSR count). The normalized spacial score (nSPS) is 13.0. The lowest BCUT2D eigenvalue weighted by atomic mass is 9.79. The standard InChI is InChI=1S/C52H35N3O/c1-52(2)44-23-9-8-19-41(44)42-22-11-21-40(48(42)52)35-17-10-18-36(30-35)49-53-50(37-26-25-32-13-6-7-16-34(32)29-37)55-51(54-49)38-27-28-43-46(31-38)56-45-24-12-20-39(47(43)45)33-14-4-3-5-15-33/h3-31H,1-2H3. The van der Waals surface area contributed by atoms with Crippen molar-refractivity contribution in [2.24, 2.45) is 0 Å². The summed E-state index contributed by atoms with van der Waals surface area (Å²) in [5.41, 5.74) is 14.2. The maximum Gasteiger partial charge on any atom is 0.164 e. The number of fused-ring (bicyclic) bond motifs is 7. The monoisotopic (exact) mass is 717 g/mol. The molecule has 0 unspecified atom stereocenters. The van der Waals surface area contributed by atoms with Crippen molar-refractivity contribution >= 4 is 32.7 Å². The molecule has 0 radical (unpaired) electrons. The zero-order valence-electron chi connectivity index (χ0n) is 31.0. The van der Waals surface area contributed by atoms with Crippen LogP contribution in [0.4, 0.5) is 0 Å². The molecule has 8 aromatic carbocycles. The lowest BCUT2D eigenvalue weighted by molar-refractivity contribution is 0.662. The van der Waals surface area contributed by atoms with Crippen LogP contribution in [-0.4, -0.2) is 15.0 Å². The smallest absolute Gasteiger partial charge is 0.164 e. The minimum atomic E-state index is -0.140. The summed E-state index contributed by atoms with van der Waals surface area (Å²) in [6.45, 7) is 4.67. The van der Waals surface area contributed by atoms with Crippen molar-refractivity contribution in [2.75, 3.05) is 0 Å². The van der Waals surface area contributed by atoms with Gasteiger partial charge < -0.3 is 4.42 Å². The van der Waals surface area contributed by atoms with E-state index in [1.807, 2.05) is 12.1 Å². The maximum atomic E-state index is 6.52. The molecule has 4 heteroatoms. The fraction of sp³-hybridized carbons (Fsp3) is 0.0577. The molecule has 1 aliphatic rings. The number of hydrogen-bond donors (Lipinski definition) is 0. The average molecular weight is 718 g/mol. The molecule has 4 nitrogen and oxygen atoms in total. The Hall–Kier alpha value is -7.17. The number of furan rings is 1. The van der Waals surface area contributed by atoms with Crippen LogP contribution in [0.15, 0.2) is 180 Å². The second-order valence-corrected chi connectivity index (χ2v) is 15.2. The first-order chi connectivity index (χ1) is 27.5. The molecule has 0 bridgehead atoms. The van der Waals surface area contributed by atoms with E-state index >= 15 is 0 Å². The highest BCUT2D eigenvalue weighted by atomic mass is 16.3. The largest absolute Gasteiger partial charge is 0.456 e. The molecular weight excluding hydrogens is 683 g/mol. The van der Waals surface area contributed by atoms with E-state index in [4.69, 9.17) is 19.4 Å². The topological polar surface area (TPSA) is 51.8 Å². The Morgan fingerprint density at radius 3 is 1.82 bits per heavy atom. The molecular formula is C52H35N3O. The van der Waals surface area contributed by atoms with Gasteiger partial charge in [0.15, 0.2) is 17.5 Å². The van der Waals surface area contributed by atoms with Crippen molar-refractivity contribution in [1.82, 2.24) is 15.0 Å². The van der Waals surface area contributed by atoms with Crippen molar-refractivity contribution in [2.45, 2.75) is 19.3 Å². The molecule has 56 heavy (non-hydrogen) atoms. The minimum Gasteiger partial charge on any atom is -0.456 e. The first kappa shape index (κ1) is 32.3. The SMILES string of the molecule is CC1(C)c2ccccc2-c2cccc(-c3cccc(-c4nc(-c5ccc6ccccc6c5)nc(-c5ccc6c(c5)oc5cccc(-c7ccccc7)c56)n4)c3)c21. The van der Waals surface area contributed by atoms with Gasteiger partial charge in [-0.3, -0.25) is 0 Å². The molecule has 0 spiro atoms. The van der Waals surface area contributed by atoms with Crippen LogP contribution in [0.1, 0.15) is 25.0 Å². The van der Waals surface area contributed by atoms with Gasteiger partial charge in [0.05, 0.1) is 0 Å². The van der Waals surface area contributed by atoms with E-state index in [0.29, 0.717) is 17.5 Å². The number of rotatable bonds is 5. The quantitative estimate of drug-likeness (QED) is 0.178. The van der Waals surface area contributed by atoms with Gasteiger partial charge >= 0.3 is 0 Å². The predicted molar refractivity (Wildman–Crippen MR) is 229 cm³/mol. The van der Waals surface area contributed by atoms with Crippen LogP contribution in [-0.2, 0) is 5.41 Å². The van der Waals surface area contributed by atoms with Crippen molar-refractivity contribution in [3.63, 3.8) is 0 Å². The van der Waals surface area contributed by atoms with Gasteiger partial charge in [0, 0.05) is 32.9 Å². The predicted octanol–water partition coefficient (Wildman–Crippen LogP) is 13.6. The fourth-order valence-corrected chi connectivity index (χ4v) is 8.83. The second kappa shape index (κ2) is 12.4. The molecule has 0 amide bonds. The Labute approximate surface area is 324 Å². The van der Waals surface area contributed by atoms with E-state index < -0.39 is 0 Å². The number of hydrogen-bond acceptors (Lipinski definition) is 4. The molecule has 0 saturated carbocycles. The molecule has 0 aliphatic heterocycles. The van der Waals surface area contributed by atoms with Gasteiger partial charge in [-0.2, -0.15) is 0 Å². The zero-order chi connectivity index (χ0) is 37.4. The van der Waals surface area contributed by atoms with Crippen LogP contribution in [0.3, 0.4) is 0 Å². The summed E-state index contributed by atoms with van der Waals surface area (Å²) in [6.07, 6.45) is 0. The Morgan fingerprint density at radius 1 is 0.393 bits per heavy atom. The van der Waals surface area contributed by atoms with Gasteiger partial charge in [-0.1, -0.05) is 159 Å². The van der Waals surface area contributed by atoms with Crippen molar-refractivity contribution in [3.05, 3.63) is 187 Å². The Bertz CT molecular complexity index is 3180. The lowest BCUT2D eigenvalue weighted by Crippen LogP contribution is -2.16. The van der Waals surface area contributed by atoms with E-state index in [1.54, 1.807) is 0 Å². The number of benzene rings is 8. The highest BCUT2D eigenvalue weighted by Gasteiger charge is 2.37. The van der Waals surface area contributed by atoms with Gasteiger partial charge in [0.25, 0.3) is 0 Å². The molecule has 2 aromatic heterocycles. The van der Waals surface area contributed by atoms with Gasteiger partial charge in [-0.05, 0) is 85.6 Å². The molecule has 0 fully saturated rings.